The van der Waals surface area contributed by atoms with E-state index in [2.05, 4.69) is 74.6 Å². The van der Waals surface area contributed by atoms with E-state index in [4.69, 9.17) is 14.2 Å². The molecule has 8 nitrogen and oxygen atoms in total. The Bertz CT molecular complexity index is 1100. The first-order valence-corrected chi connectivity index (χ1v) is 22.3. The van der Waals surface area contributed by atoms with Gasteiger partial charge < -0.3 is 23.8 Å². The summed E-state index contributed by atoms with van der Waals surface area (Å²) in [6.45, 7) is 4.65. The average Bonchev–Trinajstić information content (AvgIpc) is 3.15. The lowest BCUT2D eigenvalue weighted by atomic mass is 10.1. The number of carboxylic acid groups (broad SMARTS) is 1. The summed E-state index contributed by atoms with van der Waals surface area (Å²) in [5.74, 6) is -1.53. The zero-order valence-electron chi connectivity index (χ0n) is 36.6. The summed E-state index contributed by atoms with van der Waals surface area (Å²) in [5.41, 5.74) is 0. The Balaban J connectivity index is 4.39. The van der Waals surface area contributed by atoms with Crippen molar-refractivity contribution in [2.75, 3.05) is 41.0 Å². The van der Waals surface area contributed by atoms with Crippen LogP contribution in [0.3, 0.4) is 0 Å². The van der Waals surface area contributed by atoms with Crippen LogP contribution in [0.4, 0.5) is 0 Å². The lowest BCUT2D eigenvalue weighted by molar-refractivity contribution is -0.887. The van der Waals surface area contributed by atoms with Crippen molar-refractivity contribution in [3.05, 3.63) is 60.8 Å². The predicted molar refractivity (Wildman–Crippen MR) is 234 cm³/mol. The van der Waals surface area contributed by atoms with Crippen molar-refractivity contribution in [1.82, 2.24) is 0 Å². The molecular formula is C48H84NO7+. The molecule has 0 aromatic carbocycles. The molecule has 0 aliphatic rings. The summed E-state index contributed by atoms with van der Waals surface area (Å²) in [5, 5.41) is 9.61. The Hall–Kier alpha value is -2.97. The first kappa shape index (κ1) is 53.0. The van der Waals surface area contributed by atoms with Crippen molar-refractivity contribution in [2.24, 2.45) is 0 Å². The standard InChI is InChI=1S/C48H83NO7/c1-6-8-10-12-14-16-18-19-20-21-22-23-24-25-26-27-29-30-32-34-36-38-46(50)55-43-44(42-54-41-40-45(48(52)53)49(3,4)5)56-47(51)39-37-35-33-31-28-17-15-13-11-9-7-2/h14,16,19-20,22-23,25-26,29-30,44-45H,6-13,15,17-18,21,24,27-28,31-43H2,1-5H3/p+1/b16-14+,20-19+,23-22+,26-25+,30-29+. The van der Waals surface area contributed by atoms with Crippen LogP contribution in [0.1, 0.15) is 174 Å². The molecule has 56 heavy (non-hydrogen) atoms. The van der Waals surface area contributed by atoms with Gasteiger partial charge in [0.15, 0.2) is 12.1 Å². The van der Waals surface area contributed by atoms with Gasteiger partial charge in [0.05, 0.1) is 34.4 Å². The highest BCUT2D eigenvalue weighted by Crippen LogP contribution is 2.14. The summed E-state index contributed by atoms with van der Waals surface area (Å²) >= 11 is 0. The van der Waals surface area contributed by atoms with Crippen LogP contribution in [0, 0.1) is 0 Å². The largest absolute Gasteiger partial charge is 0.477 e. The molecule has 2 atom stereocenters. The first-order chi connectivity index (χ1) is 27.1. The van der Waals surface area contributed by atoms with Crippen molar-refractivity contribution >= 4 is 17.9 Å². The van der Waals surface area contributed by atoms with Crippen LogP contribution in [0.25, 0.3) is 0 Å². The number of allylic oxidation sites excluding steroid dienone is 10. The molecule has 0 radical (unpaired) electrons. The van der Waals surface area contributed by atoms with Gasteiger partial charge in [0.25, 0.3) is 0 Å². The SMILES string of the molecule is CCCCC/C=C/C/C=C/C/C=C/C/C=C/C/C=C/CCCCC(=O)OCC(COCCC(C(=O)O)[N+](C)(C)C)OC(=O)CCCCCCCCCCCCC. The lowest BCUT2D eigenvalue weighted by Crippen LogP contribution is -2.50. The maximum Gasteiger partial charge on any atom is 0.362 e. The van der Waals surface area contributed by atoms with E-state index in [1.807, 2.05) is 21.1 Å². The van der Waals surface area contributed by atoms with Crippen molar-refractivity contribution in [3.63, 3.8) is 0 Å². The van der Waals surface area contributed by atoms with Crippen LogP contribution in [-0.4, -0.2) is 80.6 Å². The molecule has 322 valence electrons. The molecule has 8 heteroatoms. The first-order valence-electron chi connectivity index (χ1n) is 22.3. The molecule has 0 aromatic heterocycles. The van der Waals surface area contributed by atoms with Crippen molar-refractivity contribution < 1.29 is 38.2 Å². The molecule has 0 aromatic rings. The molecule has 0 aliphatic heterocycles. The summed E-state index contributed by atoms with van der Waals surface area (Å²) in [6.07, 6.45) is 46.9. The number of unbranched alkanes of at least 4 members (excludes halogenated alkanes) is 15. The zero-order chi connectivity index (χ0) is 41.4. The molecular weight excluding hydrogens is 703 g/mol. The molecule has 0 amide bonds. The fraction of sp³-hybridized carbons (Fsp3) is 0.729. The van der Waals surface area contributed by atoms with E-state index in [-0.39, 0.29) is 36.2 Å². The van der Waals surface area contributed by atoms with Crippen molar-refractivity contribution in [1.29, 1.82) is 0 Å². The number of carboxylic acids is 1. The maximum atomic E-state index is 12.7. The molecule has 0 aliphatic carbocycles. The fourth-order valence-corrected chi connectivity index (χ4v) is 6.17. The minimum Gasteiger partial charge on any atom is -0.477 e. The molecule has 0 saturated carbocycles. The van der Waals surface area contributed by atoms with Crippen molar-refractivity contribution in [2.45, 2.75) is 187 Å². The predicted octanol–water partition coefficient (Wildman–Crippen LogP) is 12.2. The second kappa shape index (κ2) is 38.9. The highest BCUT2D eigenvalue weighted by Gasteiger charge is 2.31. The van der Waals surface area contributed by atoms with Gasteiger partial charge in [-0.2, -0.15) is 0 Å². The van der Waals surface area contributed by atoms with Crippen LogP contribution in [0.2, 0.25) is 0 Å². The molecule has 0 saturated heterocycles. The zero-order valence-corrected chi connectivity index (χ0v) is 36.6. The van der Waals surface area contributed by atoms with Gasteiger partial charge in [-0.1, -0.05) is 152 Å². The van der Waals surface area contributed by atoms with Crippen molar-refractivity contribution in [3.8, 4) is 0 Å². The van der Waals surface area contributed by atoms with Gasteiger partial charge in [0, 0.05) is 19.3 Å². The number of hydrogen-bond donors (Lipinski definition) is 1. The quantitative estimate of drug-likeness (QED) is 0.0287. The number of rotatable bonds is 39. The van der Waals surface area contributed by atoms with E-state index >= 15 is 0 Å². The number of esters is 2. The smallest absolute Gasteiger partial charge is 0.362 e. The number of ether oxygens (including phenoxy) is 3. The van der Waals surface area contributed by atoms with Crippen LogP contribution in [0.15, 0.2) is 60.8 Å². The molecule has 0 rings (SSSR count). The summed E-state index contributed by atoms with van der Waals surface area (Å²) in [7, 11) is 5.51. The third-order valence-electron chi connectivity index (χ3n) is 9.67. The third kappa shape index (κ3) is 36.7. The van der Waals surface area contributed by atoms with Crippen LogP contribution >= 0.6 is 0 Å². The Kier molecular flexibility index (Phi) is 36.8. The number of nitrogens with zero attached hydrogens (tertiary/aromatic N) is 1. The monoisotopic (exact) mass is 787 g/mol. The molecule has 2 unspecified atom stereocenters. The minimum atomic E-state index is -0.882. The van der Waals surface area contributed by atoms with E-state index in [1.165, 1.54) is 77.0 Å². The summed E-state index contributed by atoms with van der Waals surface area (Å²) in [6, 6.07) is -0.621. The van der Waals surface area contributed by atoms with E-state index < -0.39 is 18.1 Å². The Morgan fingerprint density at radius 1 is 0.536 bits per heavy atom. The number of aliphatic carboxylic acids is 1. The van der Waals surface area contributed by atoms with Gasteiger partial charge in [-0.15, -0.1) is 0 Å². The van der Waals surface area contributed by atoms with Crippen LogP contribution in [0.5, 0.6) is 0 Å². The van der Waals surface area contributed by atoms with E-state index in [9.17, 15) is 19.5 Å². The normalized spacial score (nSPS) is 13.5. The molecule has 1 N–H and O–H groups in total. The number of carbonyl (C=O) groups excluding carboxylic acids is 2. The second-order valence-corrected chi connectivity index (χ2v) is 16.0. The highest BCUT2D eigenvalue weighted by molar-refractivity contribution is 5.72. The van der Waals surface area contributed by atoms with Gasteiger partial charge in [-0.05, 0) is 64.2 Å². The average molecular weight is 787 g/mol. The molecule has 0 heterocycles. The van der Waals surface area contributed by atoms with Gasteiger partial charge in [-0.25, -0.2) is 4.79 Å². The van der Waals surface area contributed by atoms with E-state index in [1.54, 1.807) is 0 Å². The Labute approximate surface area is 343 Å². The van der Waals surface area contributed by atoms with Gasteiger partial charge in [0.2, 0.25) is 0 Å². The van der Waals surface area contributed by atoms with Crippen LogP contribution in [-0.2, 0) is 28.6 Å². The topological polar surface area (TPSA) is 99.1 Å². The summed E-state index contributed by atoms with van der Waals surface area (Å²) < 4.78 is 17.2. The number of carbonyl (C=O) groups is 3. The molecule has 0 fully saturated rings. The lowest BCUT2D eigenvalue weighted by Gasteiger charge is -2.31. The second-order valence-electron chi connectivity index (χ2n) is 16.0. The van der Waals surface area contributed by atoms with E-state index in [0.717, 1.165) is 64.2 Å². The third-order valence-corrected chi connectivity index (χ3v) is 9.67. The van der Waals surface area contributed by atoms with Gasteiger partial charge in [0.1, 0.15) is 6.61 Å². The molecule has 0 bridgehead atoms. The fourth-order valence-electron chi connectivity index (χ4n) is 6.17. The number of hydrogen-bond acceptors (Lipinski definition) is 6. The highest BCUT2D eigenvalue weighted by atomic mass is 16.6. The van der Waals surface area contributed by atoms with Crippen LogP contribution < -0.4 is 0 Å². The maximum absolute atomic E-state index is 12.7. The Morgan fingerprint density at radius 3 is 1.43 bits per heavy atom. The van der Waals surface area contributed by atoms with E-state index in [0.29, 0.717) is 19.3 Å². The number of likely N-dealkylation sites (N-methyl/N-ethyl adjacent to an activating group) is 1. The Morgan fingerprint density at radius 2 is 0.946 bits per heavy atom. The molecule has 0 spiro atoms. The minimum absolute atomic E-state index is 0.0466. The van der Waals surface area contributed by atoms with Gasteiger partial charge in [-0.3, -0.25) is 9.59 Å². The summed E-state index contributed by atoms with van der Waals surface area (Å²) in [4.78, 5) is 36.9. The van der Waals surface area contributed by atoms with Gasteiger partial charge >= 0.3 is 17.9 Å². The number of quaternary nitrogens is 1.